The molecule has 28 heavy (non-hydrogen) atoms. The number of nitrogens with one attached hydrogen (secondary N) is 2. The van der Waals surface area contributed by atoms with Gasteiger partial charge in [0.2, 0.25) is 5.95 Å². The van der Waals surface area contributed by atoms with Crippen LogP contribution in [0.3, 0.4) is 0 Å². The van der Waals surface area contributed by atoms with Gasteiger partial charge in [0, 0.05) is 31.9 Å². The number of aryl methyl sites for hydroxylation is 1. The zero-order chi connectivity index (χ0) is 19.9. The molecule has 2 N–H and O–H groups in total. The molecule has 1 fully saturated rings. The zero-order valence-corrected chi connectivity index (χ0v) is 16.7. The quantitative estimate of drug-likeness (QED) is 0.751. The summed E-state index contributed by atoms with van der Waals surface area (Å²) in [5.41, 5.74) is 3.08. The number of rotatable bonds is 7. The molecule has 0 atom stereocenters. The molecule has 0 saturated carbocycles. The Balaban J connectivity index is 1.76. The third kappa shape index (κ3) is 5.40. The van der Waals surface area contributed by atoms with Gasteiger partial charge in [0.15, 0.2) is 0 Å². The third-order valence-electron chi connectivity index (χ3n) is 4.43. The molecule has 8 nitrogen and oxygen atoms in total. The highest BCUT2D eigenvalue weighted by molar-refractivity contribution is 5.92. The van der Waals surface area contributed by atoms with E-state index < -0.39 is 0 Å². The minimum atomic E-state index is -0.197. The van der Waals surface area contributed by atoms with Crippen LogP contribution in [0.2, 0.25) is 0 Å². The third-order valence-corrected chi connectivity index (χ3v) is 4.43. The van der Waals surface area contributed by atoms with Gasteiger partial charge in [0.05, 0.1) is 24.6 Å². The normalized spacial score (nSPS) is 14.2. The first-order valence-electron chi connectivity index (χ1n) is 9.50. The molecule has 0 aliphatic carbocycles. The highest BCUT2D eigenvalue weighted by Gasteiger charge is 2.16. The molecule has 1 aromatic heterocycles. The summed E-state index contributed by atoms with van der Waals surface area (Å²) in [6, 6.07) is 9.74. The highest BCUT2D eigenvalue weighted by atomic mass is 16.5. The summed E-state index contributed by atoms with van der Waals surface area (Å²) in [6.07, 6.45) is 0. The van der Waals surface area contributed by atoms with E-state index in [9.17, 15) is 4.79 Å². The fourth-order valence-electron chi connectivity index (χ4n) is 3.00. The van der Waals surface area contributed by atoms with Gasteiger partial charge < -0.3 is 25.2 Å². The Kier molecular flexibility index (Phi) is 6.78. The number of hydrogen-bond donors (Lipinski definition) is 2. The number of benzene rings is 1. The van der Waals surface area contributed by atoms with E-state index >= 15 is 0 Å². The largest absolute Gasteiger partial charge is 0.378 e. The molecule has 0 spiro atoms. The second-order valence-electron chi connectivity index (χ2n) is 7.02. The van der Waals surface area contributed by atoms with Crippen molar-refractivity contribution in [1.82, 2.24) is 20.2 Å². The van der Waals surface area contributed by atoms with Crippen molar-refractivity contribution in [2.45, 2.75) is 6.92 Å². The molecule has 3 rings (SSSR count). The van der Waals surface area contributed by atoms with Crippen molar-refractivity contribution in [3.8, 4) is 0 Å². The first-order chi connectivity index (χ1) is 13.5. The molecule has 1 aliphatic rings. The number of likely N-dealkylation sites (N-methyl/N-ethyl adjacent to an activating group) is 1. The number of anilines is 3. The van der Waals surface area contributed by atoms with E-state index in [1.807, 2.05) is 44.1 Å². The van der Waals surface area contributed by atoms with Crippen LogP contribution in [0.5, 0.6) is 0 Å². The van der Waals surface area contributed by atoms with Gasteiger partial charge in [-0.05, 0) is 39.2 Å². The summed E-state index contributed by atoms with van der Waals surface area (Å²) in [6.45, 7) is 6.31. The molecular formula is C20H28N6O2. The van der Waals surface area contributed by atoms with Crippen LogP contribution < -0.4 is 15.5 Å². The lowest BCUT2D eigenvalue weighted by Crippen LogP contribution is -2.36. The van der Waals surface area contributed by atoms with Gasteiger partial charge in [-0.2, -0.15) is 0 Å². The van der Waals surface area contributed by atoms with E-state index in [0.29, 0.717) is 31.4 Å². The summed E-state index contributed by atoms with van der Waals surface area (Å²) < 4.78 is 5.45. The Bertz CT molecular complexity index is 805. The van der Waals surface area contributed by atoms with Crippen molar-refractivity contribution >= 4 is 23.2 Å². The van der Waals surface area contributed by atoms with Crippen molar-refractivity contribution in [1.29, 1.82) is 0 Å². The van der Waals surface area contributed by atoms with E-state index in [2.05, 4.69) is 31.6 Å². The number of nitrogens with zero attached hydrogens (tertiary/aromatic N) is 4. The topological polar surface area (TPSA) is 82.6 Å². The van der Waals surface area contributed by atoms with E-state index in [0.717, 1.165) is 36.7 Å². The second kappa shape index (κ2) is 9.48. The summed E-state index contributed by atoms with van der Waals surface area (Å²) >= 11 is 0. The number of aromatic nitrogens is 2. The molecule has 150 valence electrons. The lowest BCUT2D eigenvalue weighted by molar-refractivity contribution is 0.0946. The maximum atomic E-state index is 12.4. The SMILES string of the molecule is Cc1cc(C(=O)NCCN(C)C)nc(Nc2ccccc2N2CCOCC2)n1. The van der Waals surface area contributed by atoms with Gasteiger partial charge >= 0.3 is 0 Å². The van der Waals surface area contributed by atoms with Crippen LogP contribution in [-0.2, 0) is 4.74 Å². The molecular weight excluding hydrogens is 356 g/mol. The number of morpholine rings is 1. The van der Waals surface area contributed by atoms with E-state index in [1.54, 1.807) is 6.07 Å². The summed E-state index contributed by atoms with van der Waals surface area (Å²) in [5, 5.41) is 6.18. The van der Waals surface area contributed by atoms with Crippen molar-refractivity contribution in [3.05, 3.63) is 41.7 Å². The molecule has 0 radical (unpaired) electrons. The van der Waals surface area contributed by atoms with E-state index in [1.165, 1.54) is 0 Å². The monoisotopic (exact) mass is 384 g/mol. The maximum absolute atomic E-state index is 12.4. The van der Waals surface area contributed by atoms with E-state index in [4.69, 9.17) is 4.74 Å². The predicted molar refractivity (Wildman–Crippen MR) is 110 cm³/mol. The van der Waals surface area contributed by atoms with Gasteiger partial charge in [-0.3, -0.25) is 4.79 Å². The first kappa shape index (κ1) is 20.0. The summed E-state index contributed by atoms with van der Waals surface area (Å²) in [4.78, 5) is 25.6. The Morgan fingerprint density at radius 1 is 1.21 bits per heavy atom. The molecule has 0 unspecified atom stereocenters. The molecule has 1 amide bonds. The zero-order valence-electron chi connectivity index (χ0n) is 16.7. The first-order valence-corrected chi connectivity index (χ1v) is 9.50. The van der Waals surface area contributed by atoms with Crippen LogP contribution >= 0.6 is 0 Å². The van der Waals surface area contributed by atoms with Crippen LogP contribution in [-0.4, -0.2) is 74.3 Å². The van der Waals surface area contributed by atoms with Crippen LogP contribution in [0.15, 0.2) is 30.3 Å². The highest BCUT2D eigenvalue weighted by Crippen LogP contribution is 2.28. The van der Waals surface area contributed by atoms with Gasteiger partial charge in [0.25, 0.3) is 5.91 Å². The minimum absolute atomic E-state index is 0.197. The lowest BCUT2D eigenvalue weighted by atomic mass is 10.2. The summed E-state index contributed by atoms with van der Waals surface area (Å²) in [7, 11) is 3.93. The molecule has 2 heterocycles. The fraction of sp³-hybridized carbons (Fsp3) is 0.450. The van der Waals surface area contributed by atoms with Crippen LogP contribution in [0.4, 0.5) is 17.3 Å². The smallest absolute Gasteiger partial charge is 0.270 e. The van der Waals surface area contributed by atoms with Gasteiger partial charge in [0.1, 0.15) is 5.69 Å². The molecule has 1 aliphatic heterocycles. The molecule has 1 aromatic carbocycles. The number of carbonyl (C=O) groups is 1. The van der Waals surface area contributed by atoms with Gasteiger partial charge in [-0.1, -0.05) is 12.1 Å². The molecule has 1 saturated heterocycles. The minimum Gasteiger partial charge on any atom is -0.378 e. The van der Waals surface area contributed by atoms with Crippen molar-refractivity contribution in [2.24, 2.45) is 0 Å². The number of para-hydroxylation sites is 2. The molecule has 2 aromatic rings. The molecule has 0 bridgehead atoms. The number of ether oxygens (including phenoxy) is 1. The standard InChI is InChI=1S/C20H28N6O2/c1-15-14-17(19(27)21-8-9-25(2)3)24-20(22-15)23-16-6-4-5-7-18(16)26-10-12-28-13-11-26/h4-7,14H,8-13H2,1-3H3,(H,21,27)(H,22,23,24). The Morgan fingerprint density at radius 3 is 2.71 bits per heavy atom. The predicted octanol–water partition coefficient (Wildman–Crippen LogP) is 1.66. The fourth-order valence-corrected chi connectivity index (χ4v) is 3.00. The van der Waals surface area contributed by atoms with Crippen molar-refractivity contribution < 1.29 is 9.53 Å². The van der Waals surface area contributed by atoms with Gasteiger partial charge in [-0.15, -0.1) is 0 Å². The van der Waals surface area contributed by atoms with E-state index in [-0.39, 0.29) is 5.91 Å². The average molecular weight is 384 g/mol. The summed E-state index contributed by atoms with van der Waals surface area (Å²) in [5.74, 6) is 0.218. The number of amides is 1. The Labute approximate surface area is 165 Å². The van der Waals surface area contributed by atoms with Crippen molar-refractivity contribution in [3.63, 3.8) is 0 Å². The van der Waals surface area contributed by atoms with Crippen molar-refractivity contribution in [2.75, 3.05) is 63.7 Å². The Hall–Kier alpha value is -2.71. The lowest BCUT2D eigenvalue weighted by Gasteiger charge is -2.30. The van der Waals surface area contributed by atoms with Gasteiger partial charge in [-0.25, -0.2) is 9.97 Å². The average Bonchev–Trinajstić information content (AvgIpc) is 2.68. The Morgan fingerprint density at radius 2 is 1.96 bits per heavy atom. The van der Waals surface area contributed by atoms with Crippen LogP contribution in [0.25, 0.3) is 0 Å². The number of carbonyl (C=O) groups excluding carboxylic acids is 1. The van der Waals surface area contributed by atoms with Crippen LogP contribution in [0.1, 0.15) is 16.2 Å². The van der Waals surface area contributed by atoms with Crippen LogP contribution in [0, 0.1) is 6.92 Å². The maximum Gasteiger partial charge on any atom is 0.270 e. The molecule has 8 heteroatoms. The second-order valence-corrected chi connectivity index (χ2v) is 7.02. The number of hydrogen-bond acceptors (Lipinski definition) is 7.